The van der Waals surface area contributed by atoms with Crippen LogP contribution in [0.15, 0.2) is 18.2 Å². The molecule has 0 aromatic heterocycles. The fraction of sp³-hybridized carbons (Fsp3) is 0.571. The molecule has 0 aliphatic heterocycles. The van der Waals surface area contributed by atoms with Crippen LogP contribution in [0.1, 0.15) is 37.4 Å². The largest absolute Gasteiger partial charge is 0.488 e. The summed E-state index contributed by atoms with van der Waals surface area (Å²) in [7, 11) is 2.00. The van der Waals surface area contributed by atoms with Gasteiger partial charge in [0.05, 0.1) is 6.10 Å². The lowest BCUT2D eigenvalue weighted by Gasteiger charge is -2.18. The zero-order chi connectivity index (χ0) is 12.4. The van der Waals surface area contributed by atoms with Crippen molar-refractivity contribution in [3.63, 3.8) is 0 Å². The van der Waals surface area contributed by atoms with Gasteiger partial charge in [0, 0.05) is 6.04 Å². The van der Waals surface area contributed by atoms with E-state index in [2.05, 4.69) is 17.4 Å². The van der Waals surface area contributed by atoms with Gasteiger partial charge in [-0.1, -0.05) is 6.07 Å². The van der Waals surface area contributed by atoms with Crippen molar-refractivity contribution in [3.8, 4) is 5.75 Å². The van der Waals surface area contributed by atoms with Crippen molar-refractivity contribution in [3.05, 3.63) is 29.3 Å². The van der Waals surface area contributed by atoms with Crippen molar-refractivity contribution in [1.29, 1.82) is 0 Å². The highest BCUT2D eigenvalue weighted by molar-refractivity contribution is 5.40. The summed E-state index contributed by atoms with van der Waals surface area (Å²) in [4.78, 5) is 0. The first-order chi connectivity index (χ1) is 8.11. The molecule has 3 nitrogen and oxygen atoms in total. The van der Waals surface area contributed by atoms with Crippen molar-refractivity contribution in [2.75, 3.05) is 7.05 Å². The maximum atomic E-state index is 9.42. The number of hydrogen-bond acceptors (Lipinski definition) is 3. The number of nitrogens with one attached hydrogen (secondary N) is 1. The molecule has 0 fully saturated rings. The van der Waals surface area contributed by atoms with Crippen LogP contribution >= 0.6 is 0 Å². The van der Waals surface area contributed by atoms with Crippen LogP contribution in [0.5, 0.6) is 5.75 Å². The van der Waals surface area contributed by atoms with Crippen LogP contribution in [0.3, 0.4) is 0 Å². The van der Waals surface area contributed by atoms with Gasteiger partial charge in [0.2, 0.25) is 0 Å². The van der Waals surface area contributed by atoms with Gasteiger partial charge < -0.3 is 15.2 Å². The topological polar surface area (TPSA) is 41.5 Å². The highest BCUT2D eigenvalue weighted by Crippen LogP contribution is 2.33. The molecule has 2 rings (SSSR count). The molecule has 0 saturated carbocycles. The first kappa shape index (κ1) is 12.4. The standard InChI is InChI=1S/C14H21NO2/c1-9(16)10(2)17-12-5-6-13-11(8-12)4-7-14(13)15-3/h5-6,8-10,14-16H,4,7H2,1-3H3. The quantitative estimate of drug-likeness (QED) is 0.839. The number of hydrogen-bond donors (Lipinski definition) is 2. The minimum atomic E-state index is -0.451. The Morgan fingerprint density at radius 1 is 1.41 bits per heavy atom. The molecule has 0 radical (unpaired) electrons. The first-order valence-corrected chi connectivity index (χ1v) is 6.26. The maximum Gasteiger partial charge on any atom is 0.121 e. The summed E-state index contributed by atoms with van der Waals surface area (Å²) in [6.45, 7) is 3.63. The van der Waals surface area contributed by atoms with Gasteiger partial charge in [0.1, 0.15) is 11.9 Å². The highest BCUT2D eigenvalue weighted by Gasteiger charge is 2.21. The number of fused-ring (bicyclic) bond motifs is 1. The van der Waals surface area contributed by atoms with E-state index in [4.69, 9.17) is 4.74 Å². The lowest BCUT2D eigenvalue weighted by atomic mass is 10.1. The van der Waals surface area contributed by atoms with Crippen molar-refractivity contribution >= 4 is 0 Å². The third-order valence-electron chi connectivity index (χ3n) is 3.54. The Bertz CT molecular complexity index is 390. The number of aryl methyl sites for hydroxylation is 1. The summed E-state index contributed by atoms with van der Waals surface area (Å²) in [6.07, 6.45) is 1.63. The predicted octanol–water partition coefficient (Wildman–Crippen LogP) is 2.04. The summed E-state index contributed by atoms with van der Waals surface area (Å²) >= 11 is 0. The summed E-state index contributed by atoms with van der Waals surface area (Å²) < 4.78 is 5.70. The molecule has 1 aromatic carbocycles. The smallest absolute Gasteiger partial charge is 0.121 e. The van der Waals surface area contributed by atoms with Gasteiger partial charge in [0.15, 0.2) is 0 Å². The molecular weight excluding hydrogens is 214 g/mol. The number of rotatable bonds is 4. The third-order valence-corrected chi connectivity index (χ3v) is 3.54. The minimum absolute atomic E-state index is 0.172. The number of benzene rings is 1. The average molecular weight is 235 g/mol. The van der Waals surface area contributed by atoms with E-state index in [1.165, 1.54) is 11.1 Å². The Kier molecular flexibility index (Phi) is 3.69. The van der Waals surface area contributed by atoms with E-state index in [-0.39, 0.29) is 6.10 Å². The van der Waals surface area contributed by atoms with Crippen LogP contribution in [-0.2, 0) is 6.42 Å². The fourth-order valence-corrected chi connectivity index (χ4v) is 2.28. The minimum Gasteiger partial charge on any atom is -0.488 e. The monoisotopic (exact) mass is 235 g/mol. The fourth-order valence-electron chi connectivity index (χ4n) is 2.28. The number of ether oxygens (including phenoxy) is 1. The zero-order valence-corrected chi connectivity index (χ0v) is 10.7. The molecule has 17 heavy (non-hydrogen) atoms. The van der Waals surface area contributed by atoms with Gasteiger partial charge in [-0.2, -0.15) is 0 Å². The second-order valence-corrected chi connectivity index (χ2v) is 4.80. The van der Waals surface area contributed by atoms with Crippen molar-refractivity contribution in [2.24, 2.45) is 0 Å². The Balaban J connectivity index is 2.13. The molecule has 3 atom stereocenters. The van der Waals surface area contributed by atoms with E-state index >= 15 is 0 Å². The van der Waals surface area contributed by atoms with Crippen LogP contribution < -0.4 is 10.1 Å². The molecule has 3 heteroatoms. The van der Waals surface area contributed by atoms with Gasteiger partial charge in [-0.25, -0.2) is 0 Å². The van der Waals surface area contributed by atoms with Crippen LogP contribution in [0.4, 0.5) is 0 Å². The molecule has 0 heterocycles. The Morgan fingerprint density at radius 2 is 2.18 bits per heavy atom. The highest BCUT2D eigenvalue weighted by atomic mass is 16.5. The number of aliphatic hydroxyl groups is 1. The molecule has 0 spiro atoms. The second-order valence-electron chi connectivity index (χ2n) is 4.80. The van der Waals surface area contributed by atoms with Crippen molar-refractivity contribution in [2.45, 2.75) is 44.9 Å². The molecule has 0 bridgehead atoms. The van der Waals surface area contributed by atoms with Gasteiger partial charge in [0.25, 0.3) is 0 Å². The molecule has 0 saturated heterocycles. The molecular formula is C14H21NO2. The Labute approximate surface area is 103 Å². The summed E-state index contributed by atoms with van der Waals surface area (Å²) in [5.74, 6) is 0.855. The number of aliphatic hydroxyl groups excluding tert-OH is 1. The third kappa shape index (κ3) is 2.61. The van der Waals surface area contributed by atoms with Gasteiger partial charge in [-0.05, 0) is 57.0 Å². The van der Waals surface area contributed by atoms with E-state index in [0.717, 1.165) is 18.6 Å². The molecule has 3 unspecified atom stereocenters. The van der Waals surface area contributed by atoms with E-state index in [1.54, 1.807) is 6.92 Å². The first-order valence-electron chi connectivity index (χ1n) is 6.26. The van der Waals surface area contributed by atoms with Crippen LogP contribution in [0.25, 0.3) is 0 Å². The molecule has 1 aliphatic carbocycles. The lowest BCUT2D eigenvalue weighted by molar-refractivity contribution is 0.0604. The summed E-state index contributed by atoms with van der Waals surface area (Å²) in [5.41, 5.74) is 2.74. The normalized spacial score (nSPS) is 22.0. The van der Waals surface area contributed by atoms with E-state index < -0.39 is 6.10 Å². The zero-order valence-electron chi connectivity index (χ0n) is 10.7. The summed E-state index contributed by atoms with van der Waals surface area (Å²) in [6, 6.07) is 6.71. The molecule has 94 valence electrons. The molecule has 1 aromatic rings. The summed E-state index contributed by atoms with van der Waals surface area (Å²) in [5, 5.41) is 12.7. The maximum absolute atomic E-state index is 9.42. The van der Waals surface area contributed by atoms with Crippen molar-refractivity contribution < 1.29 is 9.84 Å². The molecule has 1 aliphatic rings. The van der Waals surface area contributed by atoms with Gasteiger partial charge in [-0.15, -0.1) is 0 Å². The van der Waals surface area contributed by atoms with E-state index in [0.29, 0.717) is 6.04 Å². The van der Waals surface area contributed by atoms with Crippen molar-refractivity contribution in [1.82, 2.24) is 5.32 Å². The van der Waals surface area contributed by atoms with E-state index in [9.17, 15) is 5.11 Å². The predicted molar refractivity (Wildman–Crippen MR) is 68.3 cm³/mol. The Morgan fingerprint density at radius 3 is 2.82 bits per heavy atom. The average Bonchev–Trinajstić information content (AvgIpc) is 2.71. The second kappa shape index (κ2) is 5.07. The van der Waals surface area contributed by atoms with Crippen LogP contribution in [0, 0.1) is 0 Å². The SMILES string of the molecule is CNC1CCc2cc(OC(C)C(C)O)ccc21. The van der Waals surface area contributed by atoms with E-state index in [1.807, 2.05) is 20.0 Å². The Hall–Kier alpha value is -1.06. The van der Waals surface area contributed by atoms with Crippen LogP contribution in [0.2, 0.25) is 0 Å². The van der Waals surface area contributed by atoms with Gasteiger partial charge in [-0.3, -0.25) is 0 Å². The van der Waals surface area contributed by atoms with Gasteiger partial charge >= 0.3 is 0 Å². The lowest BCUT2D eigenvalue weighted by Crippen LogP contribution is -2.25. The van der Waals surface area contributed by atoms with Crippen LogP contribution in [-0.4, -0.2) is 24.4 Å². The molecule has 0 amide bonds. The molecule has 2 N–H and O–H groups in total.